The van der Waals surface area contributed by atoms with Gasteiger partial charge in [0.15, 0.2) is 0 Å². The van der Waals surface area contributed by atoms with Crippen LogP contribution in [-0.2, 0) is 16.1 Å². The van der Waals surface area contributed by atoms with Crippen LogP contribution in [0, 0.1) is 5.82 Å². The number of likely N-dealkylation sites (tertiary alicyclic amines) is 1. The summed E-state index contributed by atoms with van der Waals surface area (Å²) in [6.07, 6.45) is 3.48. The van der Waals surface area contributed by atoms with Gasteiger partial charge in [-0.25, -0.2) is 4.39 Å². The molecule has 0 bridgehead atoms. The number of carbonyl (C=O) groups is 1. The van der Waals surface area contributed by atoms with Gasteiger partial charge in [0, 0.05) is 30.2 Å². The Morgan fingerprint density at radius 1 is 1.18 bits per heavy atom. The minimum Gasteiger partial charge on any atom is -0.373 e. The number of nitrogens with zero attached hydrogens (tertiary/aromatic N) is 3. The van der Waals surface area contributed by atoms with Crippen LogP contribution in [0.5, 0.6) is 0 Å². The first-order valence-electron chi connectivity index (χ1n) is 9.69. The lowest BCUT2D eigenvalue weighted by atomic mass is 10.1. The highest BCUT2D eigenvalue weighted by atomic mass is 19.1. The van der Waals surface area contributed by atoms with Crippen molar-refractivity contribution in [3.8, 4) is 0 Å². The summed E-state index contributed by atoms with van der Waals surface area (Å²) in [6.45, 7) is 3.44. The summed E-state index contributed by atoms with van der Waals surface area (Å²) in [4.78, 5) is 14.8. The number of fused-ring (bicyclic) bond motifs is 1. The van der Waals surface area contributed by atoms with Gasteiger partial charge in [0.05, 0.1) is 18.2 Å². The van der Waals surface area contributed by atoms with Crippen LogP contribution in [0.25, 0.3) is 10.9 Å². The third-order valence-corrected chi connectivity index (χ3v) is 5.37. The minimum absolute atomic E-state index is 0.0475. The van der Waals surface area contributed by atoms with Gasteiger partial charge in [-0.15, -0.1) is 0 Å². The molecule has 146 valence electrons. The highest BCUT2D eigenvalue weighted by Crippen LogP contribution is 2.21. The SMILES string of the molecule is CC(C(=O)N1CCC(OCc2ccccc2F)CC1)n1cc2ccccc2n1. The summed E-state index contributed by atoms with van der Waals surface area (Å²) in [6, 6.07) is 14.2. The summed E-state index contributed by atoms with van der Waals surface area (Å²) in [5, 5.41) is 5.55. The Labute approximate surface area is 163 Å². The smallest absolute Gasteiger partial charge is 0.247 e. The van der Waals surface area contributed by atoms with Gasteiger partial charge < -0.3 is 9.64 Å². The number of hydrogen-bond donors (Lipinski definition) is 0. The fourth-order valence-electron chi connectivity index (χ4n) is 3.63. The van der Waals surface area contributed by atoms with Gasteiger partial charge in [-0.2, -0.15) is 5.10 Å². The highest BCUT2D eigenvalue weighted by molar-refractivity contribution is 5.82. The van der Waals surface area contributed by atoms with Gasteiger partial charge in [0.25, 0.3) is 0 Å². The molecule has 0 N–H and O–H groups in total. The highest BCUT2D eigenvalue weighted by Gasteiger charge is 2.27. The average Bonchev–Trinajstić information content (AvgIpc) is 3.17. The zero-order valence-electron chi connectivity index (χ0n) is 15.9. The van der Waals surface area contributed by atoms with Crippen LogP contribution < -0.4 is 0 Å². The Bertz CT molecular complexity index is 930. The summed E-state index contributed by atoms with van der Waals surface area (Å²) in [7, 11) is 0. The van der Waals surface area contributed by atoms with Gasteiger partial charge in [-0.3, -0.25) is 9.48 Å². The predicted molar refractivity (Wildman–Crippen MR) is 105 cm³/mol. The molecule has 1 amide bonds. The third-order valence-electron chi connectivity index (χ3n) is 5.37. The van der Waals surface area contributed by atoms with Crippen LogP contribution in [0.1, 0.15) is 31.4 Å². The van der Waals surface area contributed by atoms with E-state index in [0.29, 0.717) is 18.7 Å². The van der Waals surface area contributed by atoms with Crippen LogP contribution in [0.3, 0.4) is 0 Å². The van der Waals surface area contributed by atoms with Crippen molar-refractivity contribution in [2.45, 2.75) is 38.5 Å². The second kappa shape index (κ2) is 8.10. The summed E-state index contributed by atoms with van der Waals surface area (Å²) in [5.74, 6) is -0.170. The van der Waals surface area contributed by atoms with E-state index in [1.165, 1.54) is 6.07 Å². The number of carbonyl (C=O) groups excluding carboxylic acids is 1. The number of ether oxygens (including phenoxy) is 1. The van der Waals surface area contributed by atoms with Crippen molar-refractivity contribution in [3.63, 3.8) is 0 Å². The van der Waals surface area contributed by atoms with E-state index in [1.807, 2.05) is 48.4 Å². The fraction of sp³-hybridized carbons (Fsp3) is 0.364. The molecule has 4 rings (SSSR count). The van der Waals surface area contributed by atoms with Crippen LogP contribution in [0.4, 0.5) is 4.39 Å². The molecular formula is C22H24FN3O2. The minimum atomic E-state index is -0.344. The molecule has 2 aromatic carbocycles. The molecule has 1 aromatic heterocycles. The Hall–Kier alpha value is -2.73. The number of piperidine rings is 1. The van der Waals surface area contributed by atoms with Crippen molar-refractivity contribution >= 4 is 16.8 Å². The molecule has 1 aliphatic rings. The van der Waals surface area contributed by atoms with E-state index in [1.54, 1.807) is 16.8 Å². The van der Waals surface area contributed by atoms with E-state index in [-0.39, 0.29) is 30.5 Å². The maximum absolute atomic E-state index is 13.7. The number of hydrogen-bond acceptors (Lipinski definition) is 3. The van der Waals surface area contributed by atoms with E-state index >= 15 is 0 Å². The van der Waals surface area contributed by atoms with E-state index in [9.17, 15) is 9.18 Å². The lowest BCUT2D eigenvalue weighted by molar-refractivity contribution is -0.137. The van der Waals surface area contributed by atoms with Crippen molar-refractivity contribution in [2.24, 2.45) is 0 Å². The van der Waals surface area contributed by atoms with Crippen molar-refractivity contribution in [3.05, 3.63) is 66.1 Å². The lowest BCUT2D eigenvalue weighted by Gasteiger charge is -2.33. The first kappa shape index (κ1) is 18.6. The number of rotatable bonds is 5. The molecule has 28 heavy (non-hydrogen) atoms. The van der Waals surface area contributed by atoms with Gasteiger partial charge in [-0.05, 0) is 31.9 Å². The molecule has 1 fully saturated rings. The first-order chi connectivity index (χ1) is 13.6. The molecule has 0 radical (unpaired) electrons. The lowest BCUT2D eigenvalue weighted by Crippen LogP contribution is -2.43. The van der Waals surface area contributed by atoms with Gasteiger partial charge in [0.1, 0.15) is 11.9 Å². The van der Waals surface area contributed by atoms with E-state index < -0.39 is 0 Å². The normalized spacial score (nSPS) is 16.4. The van der Waals surface area contributed by atoms with Crippen LogP contribution in [0.2, 0.25) is 0 Å². The maximum atomic E-state index is 13.7. The molecule has 2 heterocycles. The Morgan fingerprint density at radius 3 is 2.64 bits per heavy atom. The number of amides is 1. The fourth-order valence-corrected chi connectivity index (χ4v) is 3.63. The third kappa shape index (κ3) is 3.92. The molecule has 0 aliphatic carbocycles. The first-order valence-corrected chi connectivity index (χ1v) is 9.69. The van der Waals surface area contributed by atoms with E-state index in [4.69, 9.17) is 4.74 Å². The molecule has 0 saturated carbocycles. The zero-order chi connectivity index (χ0) is 19.5. The Balaban J connectivity index is 1.31. The van der Waals surface area contributed by atoms with Crippen molar-refractivity contribution in [1.29, 1.82) is 0 Å². The van der Waals surface area contributed by atoms with Crippen LogP contribution in [-0.4, -0.2) is 39.8 Å². The van der Waals surface area contributed by atoms with Crippen molar-refractivity contribution in [1.82, 2.24) is 14.7 Å². The molecule has 1 aliphatic heterocycles. The van der Waals surface area contributed by atoms with Crippen molar-refractivity contribution < 1.29 is 13.9 Å². The standard InChI is InChI=1S/C22H24FN3O2/c1-16(26-14-17-6-3-5-9-21(17)24-26)22(27)25-12-10-19(11-13-25)28-15-18-7-2-4-8-20(18)23/h2-9,14,16,19H,10-13,15H2,1H3. The van der Waals surface area contributed by atoms with Crippen LogP contribution in [0.15, 0.2) is 54.7 Å². The topological polar surface area (TPSA) is 47.4 Å². The number of benzene rings is 2. The zero-order valence-corrected chi connectivity index (χ0v) is 15.9. The van der Waals surface area contributed by atoms with Gasteiger partial charge in [-0.1, -0.05) is 36.4 Å². The summed E-state index contributed by atoms with van der Waals surface area (Å²) in [5.41, 5.74) is 1.46. The monoisotopic (exact) mass is 381 g/mol. The molecule has 1 unspecified atom stereocenters. The Kier molecular flexibility index (Phi) is 5.39. The molecule has 1 saturated heterocycles. The summed E-state index contributed by atoms with van der Waals surface area (Å²) < 4.78 is 21.3. The Morgan fingerprint density at radius 2 is 1.89 bits per heavy atom. The molecule has 6 heteroatoms. The maximum Gasteiger partial charge on any atom is 0.247 e. The van der Waals surface area contributed by atoms with Gasteiger partial charge >= 0.3 is 0 Å². The average molecular weight is 381 g/mol. The quantitative estimate of drug-likeness (QED) is 0.672. The summed E-state index contributed by atoms with van der Waals surface area (Å²) >= 11 is 0. The van der Waals surface area contributed by atoms with E-state index in [0.717, 1.165) is 23.7 Å². The molecular weight excluding hydrogens is 357 g/mol. The number of halogens is 1. The van der Waals surface area contributed by atoms with E-state index in [2.05, 4.69) is 5.10 Å². The van der Waals surface area contributed by atoms with Crippen LogP contribution >= 0.6 is 0 Å². The molecule has 3 aromatic rings. The predicted octanol–water partition coefficient (Wildman–Crippen LogP) is 3.94. The van der Waals surface area contributed by atoms with Crippen molar-refractivity contribution in [2.75, 3.05) is 13.1 Å². The molecule has 0 spiro atoms. The second-order valence-electron chi connectivity index (χ2n) is 7.27. The number of aromatic nitrogens is 2. The van der Waals surface area contributed by atoms with Gasteiger partial charge in [0.2, 0.25) is 5.91 Å². The second-order valence-corrected chi connectivity index (χ2v) is 7.27. The molecule has 5 nitrogen and oxygen atoms in total. The molecule has 1 atom stereocenters. The largest absolute Gasteiger partial charge is 0.373 e.